The molecule has 0 saturated carbocycles. The van der Waals surface area contributed by atoms with Gasteiger partial charge < -0.3 is 19.3 Å². The predicted molar refractivity (Wildman–Crippen MR) is 105 cm³/mol. The van der Waals surface area contributed by atoms with Crippen LogP contribution >= 0.6 is 0 Å². The fourth-order valence-corrected chi connectivity index (χ4v) is 4.47. The summed E-state index contributed by atoms with van der Waals surface area (Å²) in [6, 6.07) is 3.89. The van der Waals surface area contributed by atoms with Crippen LogP contribution in [0.5, 0.6) is 5.88 Å². The lowest BCUT2D eigenvalue weighted by Gasteiger charge is -2.35. The van der Waals surface area contributed by atoms with Gasteiger partial charge in [0.2, 0.25) is 11.8 Å². The number of aryl methyl sites for hydroxylation is 1. The number of rotatable bonds is 7. The lowest BCUT2D eigenvalue weighted by atomic mass is 9.83. The number of likely N-dealkylation sites (tertiary alicyclic amines) is 1. The molecule has 3 atom stereocenters. The summed E-state index contributed by atoms with van der Waals surface area (Å²) in [4.78, 5) is 19.1. The van der Waals surface area contributed by atoms with Crippen LogP contribution in [0.4, 0.5) is 0 Å². The third-order valence-electron chi connectivity index (χ3n) is 5.91. The molecule has 2 saturated heterocycles. The first-order valence-electron chi connectivity index (χ1n) is 10.1. The molecule has 4 heterocycles. The van der Waals surface area contributed by atoms with Gasteiger partial charge in [0.25, 0.3) is 0 Å². The van der Waals surface area contributed by atoms with Crippen molar-refractivity contribution in [3.8, 4) is 5.88 Å². The van der Waals surface area contributed by atoms with E-state index in [1.54, 1.807) is 13.2 Å². The minimum absolute atomic E-state index is 0.000798. The molecule has 0 spiro atoms. The first kappa shape index (κ1) is 19.8. The molecule has 0 aliphatic carbocycles. The van der Waals surface area contributed by atoms with E-state index in [4.69, 9.17) is 14.0 Å². The fraction of sp³-hybridized carbons (Fsp3) is 0.571. The molecule has 2 aliphatic rings. The van der Waals surface area contributed by atoms with Crippen LogP contribution in [0.2, 0.25) is 0 Å². The molecule has 2 fully saturated rings. The Hall–Kier alpha value is -2.45. The van der Waals surface area contributed by atoms with Gasteiger partial charge in [-0.2, -0.15) is 0 Å². The molecule has 0 unspecified atom stereocenters. The van der Waals surface area contributed by atoms with Crippen molar-refractivity contribution in [2.24, 2.45) is 11.8 Å². The van der Waals surface area contributed by atoms with Gasteiger partial charge in [-0.25, -0.2) is 4.98 Å². The Bertz CT molecular complexity index is 826. The summed E-state index contributed by atoms with van der Waals surface area (Å²) < 4.78 is 16.0. The zero-order valence-corrected chi connectivity index (χ0v) is 17.0. The Morgan fingerprint density at radius 2 is 2.34 bits per heavy atom. The molecule has 29 heavy (non-hydrogen) atoms. The largest absolute Gasteiger partial charge is 0.481 e. The number of carbonyl (C=O) groups excluding carboxylic acids is 1. The standard InChI is InChI=1S/C21H28N4O4/c1-14-7-15(9-23-21(14)27-2)11-25-5-3-18-16(12-25)13-28-19(18)8-20(26)22-10-17-4-6-29-24-17/h4,6-7,9,16,18-19H,3,5,8,10-13H2,1-2H3,(H,22,26)/t16-,18-,19+/m1/s1. The Kier molecular flexibility index (Phi) is 6.10. The van der Waals surface area contributed by atoms with E-state index in [9.17, 15) is 4.79 Å². The van der Waals surface area contributed by atoms with Crippen molar-refractivity contribution in [3.63, 3.8) is 0 Å². The lowest BCUT2D eigenvalue weighted by Crippen LogP contribution is -2.41. The summed E-state index contributed by atoms with van der Waals surface area (Å²) in [5.74, 6) is 1.60. The van der Waals surface area contributed by atoms with Crippen LogP contribution in [0, 0.1) is 18.8 Å². The van der Waals surface area contributed by atoms with Gasteiger partial charge in [-0.15, -0.1) is 0 Å². The summed E-state index contributed by atoms with van der Waals surface area (Å²) in [6.45, 7) is 6.01. The molecule has 0 aromatic carbocycles. The lowest BCUT2D eigenvalue weighted by molar-refractivity contribution is -0.124. The maximum absolute atomic E-state index is 12.3. The molecular weight excluding hydrogens is 372 g/mol. The zero-order chi connectivity index (χ0) is 20.2. The van der Waals surface area contributed by atoms with Crippen molar-refractivity contribution >= 4 is 5.91 Å². The molecule has 0 bridgehead atoms. The van der Waals surface area contributed by atoms with E-state index >= 15 is 0 Å². The van der Waals surface area contributed by atoms with Gasteiger partial charge in [0, 0.05) is 36.8 Å². The monoisotopic (exact) mass is 400 g/mol. The van der Waals surface area contributed by atoms with Crippen LogP contribution in [0.25, 0.3) is 0 Å². The van der Waals surface area contributed by atoms with E-state index in [2.05, 4.69) is 26.4 Å². The number of hydrogen-bond donors (Lipinski definition) is 1. The number of carbonyl (C=O) groups is 1. The van der Waals surface area contributed by atoms with Crippen LogP contribution in [0.3, 0.4) is 0 Å². The number of methoxy groups -OCH3 is 1. The smallest absolute Gasteiger partial charge is 0.222 e. The summed E-state index contributed by atoms with van der Waals surface area (Å²) in [5, 5.41) is 6.70. The SMILES string of the molecule is COc1ncc(CN2CC[C@@H]3[C@@H](CO[C@H]3CC(=O)NCc3ccon3)C2)cc1C. The zero-order valence-electron chi connectivity index (χ0n) is 17.0. The van der Waals surface area contributed by atoms with Crippen molar-refractivity contribution in [3.05, 3.63) is 41.4 Å². The number of pyridine rings is 1. The number of piperidine rings is 1. The van der Waals surface area contributed by atoms with Crippen molar-refractivity contribution in [1.29, 1.82) is 0 Å². The van der Waals surface area contributed by atoms with Gasteiger partial charge in [0.05, 0.1) is 32.8 Å². The van der Waals surface area contributed by atoms with E-state index in [0.29, 0.717) is 30.7 Å². The van der Waals surface area contributed by atoms with Gasteiger partial charge in [-0.1, -0.05) is 5.16 Å². The van der Waals surface area contributed by atoms with E-state index in [1.165, 1.54) is 11.8 Å². The van der Waals surface area contributed by atoms with E-state index < -0.39 is 0 Å². The molecule has 0 radical (unpaired) electrons. The topological polar surface area (TPSA) is 89.7 Å². The van der Waals surface area contributed by atoms with Gasteiger partial charge in [-0.3, -0.25) is 9.69 Å². The average Bonchev–Trinajstić information content (AvgIpc) is 3.37. The number of nitrogens with zero attached hydrogens (tertiary/aromatic N) is 3. The van der Waals surface area contributed by atoms with E-state index in [1.807, 2.05) is 13.1 Å². The van der Waals surface area contributed by atoms with Crippen molar-refractivity contribution in [2.75, 3.05) is 26.8 Å². The third-order valence-corrected chi connectivity index (χ3v) is 5.91. The highest BCUT2D eigenvalue weighted by Gasteiger charge is 2.41. The van der Waals surface area contributed by atoms with E-state index in [0.717, 1.165) is 43.9 Å². The van der Waals surface area contributed by atoms with Crippen LogP contribution < -0.4 is 10.1 Å². The third kappa shape index (κ3) is 4.76. The average molecular weight is 400 g/mol. The highest BCUT2D eigenvalue weighted by atomic mass is 16.5. The van der Waals surface area contributed by atoms with Gasteiger partial charge in [0.1, 0.15) is 12.0 Å². The second-order valence-electron chi connectivity index (χ2n) is 7.96. The Morgan fingerprint density at radius 3 is 3.10 bits per heavy atom. The summed E-state index contributed by atoms with van der Waals surface area (Å²) in [5.41, 5.74) is 2.98. The second kappa shape index (κ2) is 8.92. The highest BCUT2D eigenvalue weighted by molar-refractivity contribution is 5.76. The maximum Gasteiger partial charge on any atom is 0.222 e. The molecule has 8 nitrogen and oxygen atoms in total. The number of fused-ring (bicyclic) bond motifs is 1. The normalized spacial score (nSPS) is 24.3. The molecule has 1 amide bonds. The van der Waals surface area contributed by atoms with Crippen molar-refractivity contribution < 1.29 is 18.8 Å². The van der Waals surface area contributed by atoms with Crippen molar-refractivity contribution in [2.45, 2.75) is 39.0 Å². The van der Waals surface area contributed by atoms with Crippen LogP contribution in [-0.2, 0) is 22.6 Å². The van der Waals surface area contributed by atoms with Crippen LogP contribution in [0.15, 0.2) is 29.1 Å². The molecule has 8 heteroatoms. The second-order valence-corrected chi connectivity index (χ2v) is 7.96. The first-order chi connectivity index (χ1) is 14.1. The Labute approximate surface area is 170 Å². The minimum atomic E-state index is 0.000798. The Morgan fingerprint density at radius 1 is 1.45 bits per heavy atom. The van der Waals surface area contributed by atoms with Gasteiger partial charge in [0.15, 0.2) is 0 Å². The van der Waals surface area contributed by atoms with Gasteiger partial charge in [-0.05, 0) is 37.4 Å². The molecule has 2 aromatic rings. The molecule has 2 aliphatic heterocycles. The van der Waals surface area contributed by atoms with Crippen LogP contribution in [-0.4, -0.2) is 53.9 Å². The molecule has 2 aromatic heterocycles. The number of amides is 1. The summed E-state index contributed by atoms with van der Waals surface area (Å²) in [7, 11) is 1.64. The first-order valence-corrected chi connectivity index (χ1v) is 10.1. The van der Waals surface area contributed by atoms with Gasteiger partial charge >= 0.3 is 0 Å². The van der Waals surface area contributed by atoms with Crippen molar-refractivity contribution in [1.82, 2.24) is 20.4 Å². The summed E-state index contributed by atoms with van der Waals surface area (Å²) in [6.07, 6.45) is 4.85. The number of hydrogen-bond acceptors (Lipinski definition) is 7. The number of ether oxygens (including phenoxy) is 2. The molecule has 156 valence electrons. The quantitative estimate of drug-likeness (QED) is 0.759. The summed E-state index contributed by atoms with van der Waals surface area (Å²) >= 11 is 0. The minimum Gasteiger partial charge on any atom is -0.481 e. The maximum atomic E-state index is 12.3. The fourth-order valence-electron chi connectivity index (χ4n) is 4.47. The number of nitrogens with one attached hydrogen (secondary N) is 1. The molecule has 1 N–H and O–H groups in total. The Balaban J connectivity index is 1.26. The molecule has 4 rings (SSSR count). The molecular formula is C21H28N4O4. The highest BCUT2D eigenvalue weighted by Crippen LogP contribution is 2.36. The van der Waals surface area contributed by atoms with Crippen LogP contribution in [0.1, 0.15) is 29.7 Å². The predicted octanol–water partition coefficient (Wildman–Crippen LogP) is 1.93. The van der Waals surface area contributed by atoms with E-state index in [-0.39, 0.29) is 12.0 Å². The number of aromatic nitrogens is 2.